The lowest BCUT2D eigenvalue weighted by Crippen LogP contribution is -2.32. The summed E-state index contributed by atoms with van der Waals surface area (Å²) in [5.41, 5.74) is 2.21. The molecule has 1 N–H and O–H groups in total. The van der Waals surface area contributed by atoms with E-state index < -0.39 is 0 Å². The minimum Gasteiger partial charge on any atom is -0.496 e. The van der Waals surface area contributed by atoms with Crippen LogP contribution in [0.2, 0.25) is 0 Å². The van der Waals surface area contributed by atoms with Crippen molar-refractivity contribution in [3.63, 3.8) is 0 Å². The summed E-state index contributed by atoms with van der Waals surface area (Å²) in [5.74, 6) is 0.353. The molecule has 2 aromatic carbocycles. The average Bonchev–Trinajstić information content (AvgIpc) is 3.32. The fraction of sp³-hybridized carbons (Fsp3) is 0.280. The van der Waals surface area contributed by atoms with Crippen molar-refractivity contribution in [2.75, 3.05) is 13.7 Å². The van der Waals surface area contributed by atoms with Crippen molar-refractivity contribution in [1.82, 2.24) is 20.2 Å². The van der Waals surface area contributed by atoms with Gasteiger partial charge in [-0.25, -0.2) is 14.4 Å². The number of methoxy groups -OCH3 is 1. The van der Waals surface area contributed by atoms with Crippen LogP contribution in [0.1, 0.15) is 56.7 Å². The summed E-state index contributed by atoms with van der Waals surface area (Å²) in [7, 11) is 1.59. The number of hydrogen-bond acceptors (Lipinski definition) is 5. The summed E-state index contributed by atoms with van der Waals surface area (Å²) in [6.45, 7) is 2.64. The van der Waals surface area contributed by atoms with Crippen LogP contribution in [-0.2, 0) is 6.54 Å². The minimum atomic E-state index is -0.386. The molecule has 1 aromatic heterocycles. The second kappa shape index (κ2) is 9.77. The van der Waals surface area contributed by atoms with Gasteiger partial charge in [0, 0.05) is 30.4 Å². The van der Waals surface area contributed by atoms with Crippen LogP contribution in [0, 0.1) is 12.7 Å². The topological polar surface area (TPSA) is 84.4 Å². The molecule has 8 heteroatoms. The number of carbonyl (C=O) groups is 2. The number of rotatable bonds is 6. The van der Waals surface area contributed by atoms with E-state index in [1.54, 1.807) is 18.9 Å². The molecule has 0 bridgehead atoms. The summed E-state index contributed by atoms with van der Waals surface area (Å²) < 4.78 is 18.5. The van der Waals surface area contributed by atoms with Crippen molar-refractivity contribution < 1.29 is 18.7 Å². The van der Waals surface area contributed by atoms with Crippen molar-refractivity contribution in [3.8, 4) is 5.75 Å². The summed E-state index contributed by atoms with van der Waals surface area (Å²) in [5, 5.41) is 2.88. The van der Waals surface area contributed by atoms with Crippen molar-refractivity contribution in [1.29, 1.82) is 0 Å². The van der Waals surface area contributed by atoms with Crippen molar-refractivity contribution >= 4 is 11.8 Å². The van der Waals surface area contributed by atoms with E-state index in [9.17, 15) is 14.0 Å². The van der Waals surface area contributed by atoms with Gasteiger partial charge >= 0.3 is 0 Å². The molecule has 4 rings (SSSR count). The van der Waals surface area contributed by atoms with Crippen molar-refractivity contribution in [2.45, 2.75) is 32.4 Å². The Balaban J connectivity index is 1.47. The number of amides is 2. The van der Waals surface area contributed by atoms with Crippen LogP contribution in [0.15, 0.2) is 54.7 Å². The van der Waals surface area contributed by atoms with E-state index in [2.05, 4.69) is 15.3 Å². The number of nitrogens with one attached hydrogen (secondary N) is 1. The van der Waals surface area contributed by atoms with Gasteiger partial charge in [-0.3, -0.25) is 9.59 Å². The zero-order chi connectivity index (χ0) is 23.4. The molecule has 2 heterocycles. The van der Waals surface area contributed by atoms with Crippen molar-refractivity contribution in [2.24, 2.45) is 0 Å². The van der Waals surface area contributed by atoms with Crippen LogP contribution in [-0.4, -0.2) is 40.3 Å². The summed E-state index contributed by atoms with van der Waals surface area (Å²) in [4.78, 5) is 36.4. The Bertz CT molecular complexity index is 1170. The van der Waals surface area contributed by atoms with Crippen LogP contribution < -0.4 is 10.1 Å². The summed E-state index contributed by atoms with van der Waals surface area (Å²) in [6, 6.07) is 12.7. The molecule has 0 aliphatic carbocycles. The molecule has 170 valence electrons. The number of para-hydroxylation sites is 1. The number of aryl methyl sites for hydroxylation is 1. The van der Waals surface area contributed by atoms with Crippen LogP contribution >= 0.6 is 0 Å². The number of hydrogen-bond donors (Lipinski definition) is 1. The van der Waals surface area contributed by atoms with E-state index >= 15 is 0 Å². The monoisotopic (exact) mass is 448 g/mol. The van der Waals surface area contributed by atoms with E-state index in [-0.39, 0.29) is 23.7 Å². The van der Waals surface area contributed by atoms with Gasteiger partial charge in [-0.2, -0.15) is 0 Å². The maximum atomic E-state index is 13.2. The maximum Gasteiger partial charge on any atom is 0.254 e. The molecule has 1 atom stereocenters. The van der Waals surface area contributed by atoms with Gasteiger partial charge in [-0.1, -0.05) is 18.2 Å². The molecule has 2 amide bonds. The first-order valence-electron chi connectivity index (χ1n) is 10.8. The van der Waals surface area contributed by atoms with E-state index in [0.717, 1.165) is 18.4 Å². The molecule has 1 aliphatic heterocycles. The smallest absolute Gasteiger partial charge is 0.254 e. The van der Waals surface area contributed by atoms with Gasteiger partial charge < -0.3 is 15.0 Å². The molecule has 3 aromatic rings. The lowest BCUT2D eigenvalue weighted by atomic mass is 10.1. The molecular weight excluding hydrogens is 423 g/mol. The third-order valence-corrected chi connectivity index (χ3v) is 5.78. The van der Waals surface area contributed by atoms with E-state index in [0.29, 0.717) is 41.5 Å². The van der Waals surface area contributed by atoms with E-state index in [4.69, 9.17) is 4.74 Å². The second-order valence-corrected chi connectivity index (χ2v) is 7.89. The minimum absolute atomic E-state index is 0.183. The lowest BCUT2D eigenvalue weighted by molar-refractivity contribution is 0.0729. The van der Waals surface area contributed by atoms with Crippen LogP contribution in [0.4, 0.5) is 4.39 Å². The summed E-state index contributed by atoms with van der Waals surface area (Å²) >= 11 is 0. The predicted octanol–water partition coefficient (Wildman–Crippen LogP) is 3.84. The van der Waals surface area contributed by atoms with E-state index in [1.807, 2.05) is 24.3 Å². The molecule has 0 radical (unpaired) electrons. The molecule has 7 nitrogen and oxygen atoms in total. The first-order valence-corrected chi connectivity index (χ1v) is 10.8. The highest BCUT2D eigenvalue weighted by molar-refractivity contribution is 5.95. The van der Waals surface area contributed by atoms with Gasteiger partial charge in [0.05, 0.1) is 24.4 Å². The Morgan fingerprint density at radius 2 is 1.94 bits per heavy atom. The Morgan fingerprint density at radius 1 is 1.18 bits per heavy atom. The summed E-state index contributed by atoms with van der Waals surface area (Å²) in [6.07, 6.45) is 3.06. The highest BCUT2D eigenvalue weighted by Gasteiger charge is 2.33. The average molecular weight is 448 g/mol. The Labute approximate surface area is 191 Å². The molecule has 33 heavy (non-hydrogen) atoms. The number of ether oxygens (including phenoxy) is 1. The Hall–Kier alpha value is -3.81. The molecule has 0 unspecified atom stereocenters. The molecular formula is C25H25FN4O3. The molecule has 1 fully saturated rings. The van der Waals surface area contributed by atoms with Gasteiger partial charge in [0.1, 0.15) is 11.6 Å². The van der Waals surface area contributed by atoms with Gasteiger partial charge in [-0.05, 0) is 50.1 Å². The number of halogens is 1. The fourth-order valence-corrected chi connectivity index (χ4v) is 4.02. The number of benzene rings is 2. The number of carbonyl (C=O) groups excluding carboxylic acids is 2. The predicted molar refractivity (Wildman–Crippen MR) is 120 cm³/mol. The highest BCUT2D eigenvalue weighted by atomic mass is 19.1. The maximum absolute atomic E-state index is 13.2. The van der Waals surface area contributed by atoms with Crippen molar-refractivity contribution in [3.05, 3.63) is 88.8 Å². The fourth-order valence-electron chi connectivity index (χ4n) is 4.02. The zero-order valence-corrected chi connectivity index (χ0v) is 18.5. The standard InChI is InChI=1S/C25H25FN4O3/c1-16-20(24(31)28-14-18-6-3-4-8-22(18)33-2)15-27-23(29-16)21-7-5-13-30(21)25(32)17-9-11-19(26)12-10-17/h3-4,6,8-12,15,21H,5,7,13-14H2,1-2H3,(H,28,31)/t21-/m0/s1. The van der Waals surface area contributed by atoms with Gasteiger partial charge in [0.15, 0.2) is 5.82 Å². The first kappa shape index (κ1) is 22.4. The third-order valence-electron chi connectivity index (χ3n) is 5.78. The third kappa shape index (κ3) is 4.84. The molecule has 1 aliphatic rings. The number of nitrogens with zero attached hydrogens (tertiary/aromatic N) is 3. The largest absolute Gasteiger partial charge is 0.496 e. The van der Waals surface area contributed by atoms with Crippen LogP contribution in [0.3, 0.4) is 0 Å². The molecule has 1 saturated heterocycles. The van der Waals surface area contributed by atoms with Gasteiger partial charge in [0.2, 0.25) is 0 Å². The lowest BCUT2D eigenvalue weighted by Gasteiger charge is -2.24. The van der Waals surface area contributed by atoms with Gasteiger partial charge in [0.25, 0.3) is 11.8 Å². The van der Waals surface area contributed by atoms with Crippen LogP contribution in [0.25, 0.3) is 0 Å². The molecule has 0 spiro atoms. The highest BCUT2D eigenvalue weighted by Crippen LogP contribution is 2.31. The SMILES string of the molecule is COc1ccccc1CNC(=O)c1cnc([C@@H]2CCCN2C(=O)c2ccc(F)cc2)nc1C. The second-order valence-electron chi connectivity index (χ2n) is 7.89. The first-order chi connectivity index (χ1) is 16.0. The van der Waals surface area contributed by atoms with E-state index in [1.165, 1.54) is 30.5 Å². The van der Waals surface area contributed by atoms with Gasteiger partial charge in [-0.15, -0.1) is 0 Å². The number of likely N-dealkylation sites (tertiary alicyclic amines) is 1. The number of aromatic nitrogens is 2. The Morgan fingerprint density at radius 3 is 2.67 bits per heavy atom. The zero-order valence-electron chi connectivity index (χ0n) is 18.5. The quantitative estimate of drug-likeness (QED) is 0.619. The van der Waals surface area contributed by atoms with Crippen LogP contribution in [0.5, 0.6) is 5.75 Å². The molecule has 0 saturated carbocycles. The normalized spacial score (nSPS) is 15.4. The Kier molecular flexibility index (Phi) is 6.63.